The molecule has 0 fully saturated rings. The van der Waals surface area contributed by atoms with Gasteiger partial charge in [-0.15, -0.1) is 0 Å². The SMILES string of the molecule is [CH]Cc1cccc(-c2cccc(CN)n2)c1. The molecule has 0 saturated carbocycles. The fraction of sp³-hybridized carbons (Fsp3) is 0.143. The highest BCUT2D eigenvalue weighted by Crippen LogP contribution is 2.18. The van der Waals surface area contributed by atoms with E-state index >= 15 is 0 Å². The molecule has 0 aliphatic carbocycles. The highest BCUT2D eigenvalue weighted by molar-refractivity contribution is 5.60. The summed E-state index contributed by atoms with van der Waals surface area (Å²) in [6, 6.07) is 14.0. The van der Waals surface area contributed by atoms with E-state index in [1.54, 1.807) is 0 Å². The molecule has 0 atom stereocenters. The van der Waals surface area contributed by atoms with Crippen LogP contribution >= 0.6 is 0 Å². The summed E-state index contributed by atoms with van der Waals surface area (Å²) >= 11 is 0. The van der Waals surface area contributed by atoms with E-state index in [1.807, 2.05) is 36.4 Å². The van der Waals surface area contributed by atoms with Crippen LogP contribution < -0.4 is 5.73 Å². The van der Waals surface area contributed by atoms with Crippen LogP contribution in [0.3, 0.4) is 0 Å². The molecule has 16 heavy (non-hydrogen) atoms. The van der Waals surface area contributed by atoms with E-state index < -0.39 is 0 Å². The van der Waals surface area contributed by atoms with Crippen LogP contribution in [0, 0.1) is 6.92 Å². The highest BCUT2D eigenvalue weighted by Gasteiger charge is 2.00. The lowest BCUT2D eigenvalue weighted by atomic mass is 10.1. The van der Waals surface area contributed by atoms with Crippen molar-refractivity contribution in [3.8, 4) is 11.3 Å². The van der Waals surface area contributed by atoms with E-state index in [0.717, 1.165) is 22.5 Å². The van der Waals surface area contributed by atoms with E-state index in [0.29, 0.717) is 13.0 Å². The smallest absolute Gasteiger partial charge is 0.0705 e. The first kappa shape index (κ1) is 10.8. The maximum Gasteiger partial charge on any atom is 0.0705 e. The van der Waals surface area contributed by atoms with E-state index in [-0.39, 0.29) is 0 Å². The Bertz CT molecular complexity index is 432. The van der Waals surface area contributed by atoms with Gasteiger partial charge >= 0.3 is 0 Å². The molecule has 1 aromatic heterocycles. The Morgan fingerprint density at radius 2 is 1.94 bits per heavy atom. The second-order valence-corrected chi connectivity index (χ2v) is 3.62. The Labute approximate surface area is 96.1 Å². The molecule has 2 aromatic rings. The van der Waals surface area contributed by atoms with E-state index in [9.17, 15) is 0 Å². The zero-order chi connectivity index (χ0) is 11.4. The largest absolute Gasteiger partial charge is 0.325 e. The zero-order valence-corrected chi connectivity index (χ0v) is 9.06. The lowest BCUT2D eigenvalue weighted by molar-refractivity contribution is 0.993. The molecule has 0 bridgehead atoms. The first-order chi connectivity index (χ1) is 7.83. The van der Waals surface area contributed by atoms with Gasteiger partial charge in [0.05, 0.1) is 11.4 Å². The Balaban J connectivity index is 2.41. The molecular weight excluding hydrogens is 196 g/mol. The predicted octanol–water partition coefficient (Wildman–Crippen LogP) is 2.46. The lowest BCUT2D eigenvalue weighted by Crippen LogP contribution is -1.99. The summed E-state index contributed by atoms with van der Waals surface area (Å²) in [5, 5.41) is 0. The molecular formula is C14H14N2. The first-order valence-corrected chi connectivity index (χ1v) is 5.29. The Morgan fingerprint density at radius 3 is 2.69 bits per heavy atom. The van der Waals surface area contributed by atoms with E-state index in [1.165, 1.54) is 0 Å². The van der Waals surface area contributed by atoms with Crippen LogP contribution in [0.2, 0.25) is 0 Å². The van der Waals surface area contributed by atoms with Crippen molar-refractivity contribution in [2.45, 2.75) is 13.0 Å². The molecule has 0 amide bonds. The molecule has 2 nitrogen and oxygen atoms in total. The third-order valence-electron chi connectivity index (χ3n) is 2.47. The molecule has 80 valence electrons. The molecule has 1 aromatic carbocycles. The molecule has 2 heteroatoms. The topological polar surface area (TPSA) is 38.9 Å². The van der Waals surface area contributed by atoms with E-state index in [4.69, 9.17) is 12.7 Å². The van der Waals surface area contributed by atoms with Crippen molar-refractivity contribution in [3.05, 3.63) is 60.6 Å². The number of aromatic nitrogens is 1. The molecule has 0 spiro atoms. The van der Waals surface area contributed by atoms with Gasteiger partial charge in [0.25, 0.3) is 0 Å². The lowest BCUT2D eigenvalue weighted by Gasteiger charge is -2.04. The quantitative estimate of drug-likeness (QED) is 0.845. The van der Waals surface area contributed by atoms with Crippen molar-refractivity contribution < 1.29 is 0 Å². The maximum absolute atomic E-state index is 5.61. The van der Waals surface area contributed by atoms with Gasteiger partial charge in [-0.3, -0.25) is 4.98 Å². The summed E-state index contributed by atoms with van der Waals surface area (Å²) in [6.07, 6.45) is 0.546. The average Bonchev–Trinajstić information content (AvgIpc) is 2.39. The Morgan fingerprint density at radius 1 is 1.12 bits per heavy atom. The fourth-order valence-electron chi connectivity index (χ4n) is 1.61. The van der Waals surface area contributed by atoms with Crippen LogP contribution in [0.15, 0.2) is 42.5 Å². The van der Waals surface area contributed by atoms with Gasteiger partial charge in [-0.25, -0.2) is 0 Å². The van der Waals surface area contributed by atoms with Gasteiger partial charge in [0, 0.05) is 12.1 Å². The van der Waals surface area contributed by atoms with Gasteiger partial charge in [0.2, 0.25) is 0 Å². The third kappa shape index (κ3) is 2.28. The molecule has 0 aliphatic rings. The van der Waals surface area contributed by atoms with Crippen LogP contribution in [0.1, 0.15) is 11.3 Å². The summed E-state index contributed by atoms with van der Waals surface area (Å²) in [5.41, 5.74) is 9.60. The van der Waals surface area contributed by atoms with Crippen molar-refractivity contribution in [3.63, 3.8) is 0 Å². The Hall–Kier alpha value is -1.67. The number of hydrogen-bond donors (Lipinski definition) is 1. The minimum Gasteiger partial charge on any atom is -0.325 e. The number of benzene rings is 1. The predicted molar refractivity (Wildman–Crippen MR) is 65.6 cm³/mol. The normalized spacial score (nSPS) is 10.4. The van der Waals surface area contributed by atoms with Crippen LogP contribution in [-0.4, -0.2) is 4.98 Å². The monoisotopic (exact) mass is 210 g/mol. The fourth-order valence-corrected chi connectivity index (χ4v) is 1.61. The summed E-state index contributed by atoms with van der Waals surface area (Å²) < 4.78 is 0. The number of hydrogen-bond acceptors (Lipinski definition) is 2. The highest BCUT2D eigenvalue weighted by atomic mass is 14.7. The minimum absolute atomic E-state index is 0.463. The molecule has 0 aliphatic heterocycles. The van der Waals surface area contributed by atoms with E-state index in [2.05, 4.69) is 11.1 Å². The summed E-state index contributed by atoms with van der Waals surface area (Å²) in [7, 11) is 0. The maximum atomic E-state index is 5.61. The van der Waals surface area contributed by atoms with Crippen LogP contribution in [0.5, 0.6) is 0 Å². The number of rotatable bonds is 3. The second kappa shape index (κ2) is 4.90. The molecule has 2 N–H and O–H groups in total. The average molecular weight is 210 g/mol. The van der Waals surface area contributed by atoms with Crippen molar-refractivity contribution in [1.82, 2.24) is 4.98 Å². The number of pyridine rings is 1. The van der Waals surface area contributed by atoms with Crippen molar-refractivity contribution in [1.29, 1.82) is 0 Å². The van der Waals surface area contributed by atoms with Gasteiger partial charge in [0.1, 0.15) is 0 Å². The third-order valence-corrected chi connectivity index (χ3v) is 2.47. The zero-order valence-electron chi connectivity index (χ0n) is 9.06. The van der Waals surface area contributed by atoms with Gasteiger partial charge in [0.15, 0.2) is 0 Å². The second-order valence-electron chi connectivity index (χ2n) is 3.62. The van der Waals surface area contributed by atoms with Crippen LogP contribution in [-0.2, 0) is 13.0 Å². The first-order valence-electron chi connectivity index (χ1n) is 5.29. The van der Waals surface area contributed by atoms with Crippen LogP contribution in [0.25, 0.3) is 11.3 Å². The minimum atomic E-state index is 0.463. The van der Waals surface area contributed by atoms with Crippen molar-refractivity contribution in [2.24, 2.45) is 5.73 Å². The molecule has 2 radical (unpaired) electrons. The Kier molecular flexibility index (Phi) is 3.32. The molecule has 0 unspecified atom stereocenters. The van der Waals surface area contributed by atoms with Gasteiger partial charge in [-0.1, -0.05) is 24.3 Å². The molecule has 2 rings (SSSR count). The number of nitrogens with zero attached hydrogens (tertiary/aromatic N) is 1. The summed E-state index contributed by atoms with van der Waals surface area (Å²) in [6.45, 7) is 6.08. The standard InChI is InChI=1S/C14H14N2/c1-2-11-5-3-6-12(9-11)14-8-4-7-13(10-15)16-14/h1,3-9H,2,10,15H2. The summed E-state index contributed by atoms with van der Waals surface area (Å²) in [5.74, 6) is 0. The summed E-state index contributed by atoms with van der Waals surface area (Å²) in [4.78, 5) is 4.47. The van der Waals surface area contributed by atoms with Gasteiger partial charge in [-0.05, 0) is 37.1 Å². The molecule has 0 saturated heterocycles. The van der Waals surface area contributed by atoms with Crippen molar-refractivity contribution in [2.75, 3.05) is 0 Å². The van der Waals surface area contributed by atoms with Gasteiger partial charge in [-0.2, -0.15) is 0 Å². The van der Waals surface area contributed by atoms with Crippen molar-refractivity contribution >= 4 is 0 Å². The van der Waals surface area contributed by atoms with Crippen LogP contribution in [0.4, 0.5) is 0 Å². The number of nitrogens with two attached hydrogens (primary N) is 1. The van der Waals surface area contributed by atoms with Gasteiger partial charge < -0.3 is 5.73 Å². The molecule has 1 heterocycles.